The number of rotatable bonds is 4. The molecule has 262 valence electrons. The number of sulfonamides is 1. The first-order valence-electron chi connectivity index (χ1n) is 17.9. The van der Waals surface area contributed by atoms with Crippen LogP contribution in [-0.2, 0) is 27.8 Å². The van der Waals surface area contributed by atoms with Gasteiger partial charge in [0, 0.05) is 37.3 Å². The van der Waals surface area contributed by atoms with Gasteiger partial charge in [-0.2, -0.15) is 0 Å². The third kappa shape index (κ3) is 7.74. The average Bonchev–Trinajstić information content (AvgIpc) is 3.57. The van der Waals surface area contributed by atoms with Crippen LogP contribution >= 0.6 is 11.6 Å². The molecule has 2 bridgehead atoms. The topological polar surface area (TPSA) is 88.2 Å². The predicted molar refractivity (Wildman–Crippen MR) is 192 cm³/mol. The number of amides is 1. The van der Waals surface area contributed by atoms with E-state index in [-0.39, 0.29) is 5.92 Å². The molecule has 1 aliphatic carbocycles. The third-order valence-corrected chi connectivity index (χ3v) is 13.7. The van der Waals surface area contributed by atoms with Gasteiger partial charge in [0.2, 0.25) is 10.0 Å². The molecule has 3 aliphatic heterocycles. The quantitative estimate of drug-likeness (QED) is 0.344. The number of likely N-dealkylation sites (tertiary alicyclic amines) is 1. The van der Waals surface area contributed by atoms with Crippen LogP contribution < -0.4 is 14.4 Å². The van der Waals surface area contributed by atoms with Crippen molar-refractivity contribution in [1.82, 2.24) is 9.62 Å². The van der Waals surface area contributed by atoms with Gasteiger partial charge in [0.15, 0.2) is 0 Å². The maximum atomic E-state index is 13.5. The Kier molecular flexibility index (Phi) is 11.1. The highest BCUT2D eigenvalue weighted by Crippen LogP contribution is 2.48. The standard InChI is InChI=1S/C38H52ClN3O5S/c1-27-9-8-17-38(46-3,18-22-41-19-6-7-20-41)34-15-12-31(34)25-42-21-5-4-10-29-23-33(39)14-11-32(29)26-47-36-16-13-30(24-35(36)42)37(43)40-48(44,45)28(27)2/h8,11,13-14,16-17,23-24,27-28,31,34H,4-7,9-10,12,15,18-22,25-26H2,1-3H3,(H,40,43)/b17-8+/t27-,28+,31-,34+,38+/m0/s1. The molecule has 1 amide bonds. The summed E-state index contributed by atoms with van der Waals surface area (Å²) in [6, 6.07) is 11.3. The molecular formula is C38H52ClN3O5S. The molecule has 4 aliphatic rings. The van der Waals surface area contributed by atoms with Gasteiger partial charge in [-0.15, -0.1) is 0 Å². The Morgan fingerprint density at radius 3 is 2.56 bits per heavy atom. The van der Waals surface area contributed by atoms with Gasteiger partial charge in [-0.25, -0.2) is 13.1 Å². The normalized spacial score (nSPS) is 30.5. The summed E-state index contributed by atoms with van der Waals surface area (Å²) < 4.78 is 42.4. The van der Waals surface area contributed by atoms with Gasteiger partial charge in [-0.05, 0) is 137 Å². The van der Waals surface area contributed by atoms with Crippen LogP contribution in [0.3, 0.4) is 0 Å². The molecule has 48 heavy (non-hydrogen) atoms. The molecule has 2 aromatic carbocycles. The molecule has 0 radical (unpaired) electrons. The summed E-state index contributed by atoms with van der Waals surface area (Å²) >= 11 is 6.38. The Hall–Kier alpha value is -2.59. The number of benzene rings is 2. The number of carbonyl (C=O) groups excluding carboxylic acids is 1. The minimum atomic E-state index is -3.93. The first-order valence-corrected chi connectivity index (χ1v) is 19.8. The Bertz CT molecular complexity index is 1590. The van der Waals surface area contributed by atoms with Crippen molar-refractivity contribution in [1.29, 1.82) is 0 Å². The first-order chi connectivity index (χ1) is 23.1. The molecule has 2 fully saturated rings. The summed E-state index contributed by atoms with van der Waals surface area (Å²) in [7, 11) is -2.08. The van der Waals surface area contributed by atoms with E-state index >= 15 is 0 Å². The van der Waals surface area contributed by atoms with E-state index in [2.05, 4.69) is 26.7 Å². The van der Waals surface area contributed by atoms with Crippen molar-refractivity contribution in [3.8, 4) is 5.75 Å². The van der Waals surface area contributed by atoms with E-state index in [9.17, 15) is 13.2 Å². The number of allylic oxidation sites excluding steroid dienone is 1. The molecule has 0 unspecified atom stereocenters. The van der Waals surface area contributed by atoms with Crippen LogP contribution in [-0.4, -0.2) is 69.9 Å². The molecule has 2 aromatic rings. The second kappa shape index (κ2) is 15.1. The lowest BCUT2D eigenvalue weighted by atomic mass is 9.63. The van der Waals surface area contributed by atoms with Gasteiger partial charge >= 0.3 is 0 Å². The molecule has 0 spiro atoms. The van der Waals surface area contributed by atoms with Gasteiger partial charge in [-0.3, -0.25) is 4.79 Å². The van der Waals surface area contributed by atoms with Crippen LogP contribution in [0.25, 0.3) is 0 Å². The second-order valence-corrected chi connectivity index (χ2v) is 17.0. The Morgan fingerprint density at radius 2 is 1.81 bits per heavy atom. The van der Waals surface area contributed by atoms with E-state index in [0.29, 0.717) is 36.2 Å². The highest BCUT2D eigenvalue weighted by atomic mass is 35.5. The largest absolute Gasteiger partial charge is 0.487 e. The minimum absolute atomic E-state index is 0.196. The first kappa shape index (κ1) is 35.2. The fourth-order valence-corrected chi connectivity index (χ4v) is 9.59. The molecule has 8 nitrogen and oxygen atoms in total. The van der Waals surface area contributed by atoms with E-state index < -0.39 is 26.8 Å². The number of ether oxygens (including phenoxy) is 2. The highest BCUT2D eigenvalue weighted by Gasteiger charge is 2.47. The fraction of sp³-hybridized carbons (Fsp3) is 0.605. The maximum Gasteiger partial charge on any atom is 0.264 e. The van der Waals surface area contributed by atoms with Crippen LogP contribution in [0.2, 0.25) is 5.02 Å². The summed E-state index contributed by atoms with van der Waals surface area (Å²) in [5, 5.41) is -0.0360. The number of nitrogens with zero attached hydrogens (tertiary/aromatic N) is 2. The predicted octanol–water partition coefficient (Wildman–Crippen LogP) is 7.00. The number of anilines is 1. The zero-order valence-corrected chi connectivity index (χ0v) is 30.3. The number of hydrogen-bond acceptors (Lipinski definition) is 7. The summed E-state index contributed by atoms with van der Waals surface area (Å²) in [6.45, 7) is 8.86. The summed E-state index contributed by atoms with van der Waals surface area (Å²) in [5.41, 5.74) is 2.99. The lowest BCUT2D eigenvalue weighted by Crippen LogP contribution is -2.52. The van der Waals surface area contributed by atoms with Crippen molar-refractivity contribution >= 4 is 33.2 Å². The Morgan fingerprint density at radius 1 is 1.02 bits per heavy atom. The third-order valence-electron chi connectivity index (χ3n) is 11.6. The van der Waals surface area contributed by atoms with Gasteiger partial charge < -0.3 is 19.3 Å². The fourth-order valence-electron chi connectivity index (χ4n) is 8.11. The van der Waals surface area contributed by atoms with E-state index in [1.807, 2.05) is 44.4 Å². The average molecular weight is 698 g/mol. The van der Waals surface area contributed by atoms with Gasteiger partial charge in [0.05, 0.1) is 16.5 Å². The van der Waals surface area contributed by atoms with Gasteiger partial charge in [-0.1, -0.05) is 36.7 Å². The van der Waals surface area contributed by atoms with Crippen LogP contribution in [0.5, 0.6) is 5.75 Å². The number of carbonyl (C=O) groups is 1. The molecule has 5 atom stereocenters. The van der Waals surface area contributed by atoms with Crippen molar-refractivity contribution in [2.75, 3.05) is 44.7 Å². The Labute approximate surface area is 292 Å². The van der Waals surface area contributed by atoms with Crippen molar-refractivity contribution in [2.24, 2.45) is 17.8 Å². The van der Waals surface area contributed by atoms with E-state index in [0.717, 1.165) is 87.5 Å². The Balaban J connectivity index is 1.39. The van der Waals surface area contributed by atoms with E-state index in [4.69, 9.17) is 21.1 Å². The monoisotopic (exact) mass is 697 g/mol. The van der Waals surface area contributed by atoms with Crippen molar-refractivity contribution in [3.05, 3.63) is 70.3 Å². The molecule has 6 rings (SSSR count). The molecule has 1 saturated heterocycles. The lowest BCUT2D eigenvalue weighted by molar-refractivity contribution is -0.0829. The number of methoxy groups -OCH3 is 1. The van der Waals surface area contributed by atoms with Gasteiger partial charge in [0.25, 0.3) is 5.91 Å². The molecule has 1 saturated carbocycles. The van der Waals surface area contributed by atoms with Crippen molar-refractivity contribution < 1.29 is 22.7 Å². The molecule has 0 aromatic heterocycles. The van der Waals surface area contributed by atoms with E-state index in [1.165, 1.54) is 18.4 Å². The highest BCUT2D eigenvalue weighted by molar-refractivity contribution is 7.90. The van der Waals surface area contributed by atoms with Crippen molar-refractivity contribution in [2.45, 2.75) is 89.1 Å². The minimum Gasteiger partial charge on any atom is -0.487 e. The van der Waals surface area contributed by atoms with Gasteiger partial charge in [0.1, 0.15) is 12.4 Å². The zero-order valence-electron chi connectivity index (χ0n) is 28.8. The number of fused-ring (bicyclic) bond motifs is 3. The lowest BCUT2D eigenvalue weighted by Gasteiger charge is -2.50. The molecular weight excluding hydrogens is 646 g/mol. The number of nitrogens with one attached hydrogen (secondary N) is 1. The van der Waals surface area contributed by atoms with E-state index in [1.54, 1.807) is 13.0 Å². The van der Waals surface area contributed by atoms with Crippen molar-refractivity contribution in [3.63, 3.8) is 0 Å². The van der Waals surface area contributed by atoms with Crippen LogP contribution in [0.4, 0.5) is 5.69 Å². The number of halogens is 1. The zero-order chi connectivity index (χ0) is 33.9. The summed E-state index contributed by atoms with van der Waals surface area (Å²) in [5.74, 6) is 0.591. The molecule has 3 heterocycles. The number of hydrogen-bond donors (Lipinski definition) is 1. The van der Waals surface area contributed by atoms with Crippen LogP contribution in [0, 0.1) is 17.8 Å². The number of aryl methyl sites for hydroxylation is 1. The summed E-state index contributed by atoms with van der Waals surface area (Å²) in [6.07, 6.45) is 13.4. The SMILES string of the molecule is CO[C@@]1(CCN2CCCC2)/C=C/C[C@H](C)[C@@H](C)S(=O)(=O)NC(=O)c2ccc3c(c2)N(CCCCc2cc(Cl)ccc2CO3)C[C@@H]2CC[C@H]21. The van der Waals surface area contributed by atoms with Crippen LogP contribution in [0.15, 0.2) is 48.6 Å². The second-order valence-electron chi connectivity index (χ2n) is 14.5. The van der Waals surface area contributed by atoms with Crippen LogP contribution in [0.1, 0.15) is 86.7 Å². The summed E-state index contributed by atoms with van der Waals surface area (Å²) in [4.78, 5) is 18.5. The smallest absolute Gasteiger partial charge is 0.264 e. The maximum absolute atomic E-state index is 13.5. The molecule has 10 heteroatoms. The molecule has 1 N–H and O–H groups in total.